The van der Waals surface area contributed by atoms with Gasteiger partial charge in [0.25, 0.3) is 5.91 Å². The van der Waals surface area contributed by atoms with Gasteiger partial charge in [-0.3, -0.25) is 9.52 Å². The van der Waals surface area contributed by atoms with Crippen LogP contribution in [0, 0.1) is 5.82 Å². The maximum atomic E-state index is 13.5. The van der Waals surface area contributed by atoms with Gasteiger partial charge in [0.15, 0.2) is 0 Å². The zero-order chi connectivity index (χ0) is 21.0. The molecule has 0 saturated carbocycles. The Bertz CT molecular complexity index is 1210. The summed E-state index contributed by atoms with van der Waals surface area (Å²) in [6, 6.07) is 11.1. The number of allylic oxidation sites excluding steroid dienone is 1. The quantitative estimate of drug-likeness (QED) is 0.749. The van der Waals surface area contributed by atoms with E-state index in [1.165, 1.54) is 12.1 Å². The summed E-state index contributed by atoms with van der Waals surface area (Å²) >= 11 is 0. The van der Waals surface area contributed by atoms with E-state index < -0.39 is 21.4 Å². The van der Waals surface area contributed by atoms with Crippen LogP contribution >= 0.6 is 0 Å². The first-order chi connectivity index (χ1) is 13.5. The second kappa shape index (κ2) is 6.45. The van der Waals surface area contributed by atoms with E-state index >= 15 is 0 Å². The lowest BCUT2D eigenvalue weighted by Crippen LogP contribution is -2.21. The van der Waals surface area contributed by atoms with Gasteiger partial charge in [0.05, 0.1) is 17.5 Å². The highest BCUT2D eigenvalue weighted by atomic mass is 32.2. The lowest BCUT2D eigenvalue weighted by Gasteiger charge is -2.23. The molecule has 1 amide bonds. The summed E-state index contributed by atoms with van der Waals surface area (Å²) in [5.41, 5.74) is 2.55. The van der Waals surface area contributed by atoms with E-state index in [4.69, 9.17) is 4.74 Å². The Morgan fingerprint density at radius 2 is 1.90 bits per heavy atom. The monoisotopic (exact) mass is 414 g/mol. The van der Waals surface area contributed by atoms with Crippen molar-refractivity contribution < 1.29 is 22.3 Å². The fourth-order valence-electron chi connectivity index (χ4n) is 3.57. The first-order valence-corrected chi connectivity index (χ1v) is 10.8. The van der Waals surface area contributed by atoms with E-state index in [-0.39, 0.29) is 5.91 Å². The Balaban J connectivity index is 1.81. The molecule has 0 aromatic heterocycles. The molecule has 2 aliphatic rings. The summed E-state index contributed by atoms with van der Waals surface area (Å²) in [4.78, 5) is 12.5. The van der Waals surface area contributed by atoms with Gasteiger partial charge in [-0.15, -0.1) is 0 Å². The number of ether oxygens (including phenoxy) is 1. The van der Waals surface area contributed by atoms with Crippen LogP contribution in [0.25, 0.3) is 11.1 Å². The summed E-state index contributed by atoms with van der Waals surface area (Å²) < 4.78 is 45.1. The normalized spacial score (nSPS) is 20.0. The first kappa shape index (κ1) is 19.2. The number of benzene rings is 2. The fraction of sp³-hybridized carbons (Fsp3) is 0.190. The summed E-state index contributed by atoms with van der Waals surface area (Å²) in [5.74, 6) is -0.412. The van der Waals surface area contributed by atoms with Gasteiger partial charge in [-0.1, -0.05) is 12.1 Å². The van der Waals surface area contributed by atoms with Crippen LogP contribution in [0.2, 0.25) is 0 Å². The molecule has 150 valence electrons. The number of carbonyl (C=O) groups is 1. The SMILES string of the molecule is CC1(C)O/C(=C2/C(=O)Nc3cc(F)ccc32)C=C1c1cccc(NS(C)(=O)=O)c1. The number of amides is 1. The molecule has 29 heavy (non-hydrogen) atoms. The van der Waals surface area contributed by atoms with Crippen LogP contribution < -0.4 is 10.0 Å². The van der Waals surface area contributed by atoms with Gasteiger partial charge in [0, 0.05) is 16.8 Å². The topological polar surface area (TPSA) is 84.5 Å². The molecule has 2 aromatic carbocycles. The number of fused-ring (bicyclic) bond motifs is 1. The van der Waals surface area contributed by atoms with Crippen molar-refractivity contribution in [2.75, 3.05) is 16.3 Å². The molecule has 0 unspecified atom stereocenters. The molecule has 4 rings (SSSR count). The average Bonchev–Trinajstić information content (AvgIpc) is 3.08. The van der Waals surface area contributed by atoms with Gasteiger partial charge in [0.2, 0.25) is 10.0 Å². The number of halogens is 1. The van der Waals surface area contributed by atoms with Gasteiger partial charge in [0.1, 0.15) is 17.2 Å². The minimum absolute atomic E-state index is 0.341. The lowest BCUT2D eigenvalue weighted by atomic mass is 9.92. The summed E-state index contributed by atoms with van der Waals surface area (Å²) in [6.07, 6.45) is 2.86. The molecule has 0 fully saturated rings. The lowest BCUT2D eigenvalue weighted by molar-refractivity contribution is -0.111. The van der Waals surface area contributed by atoms with Gasteiger partial charge in [-0.25, -0.2) is 12.8 Å². The highest BCUT2D eigenvalue weighted by Gasteiger charge is 2.38. The number of hydrogen-bond donors (Lipinski definition) is 2. The van der Waals surface area contributed by atoms with Crippen molar-refractivity contribution in [3.63, 3.8) is 0 Å². The molecule has 2 N–H and O–H groups in total. The molecular formula is C21H19FN2O4S. The minimum Gasteiger partial charge on any atom is -0.482 e. The Morgan fingerprint density at radius 3 is 2.62 bits per heavy atom. The Morgan fingerprint density at radius 1 is 1.14 bits per heavy atom. The molecule has 2 heterocycles. The van der Waals surface area contributed by atoms with Crippen LogP contribution in [0.3, 0.4) is 0 Å². The largest absolute Gasteiger partial charge is 0.482 e. The van der Waals surface area contributed by atoms with Crippen molar-refractivity contribution in [1.29, 1.82) is 0 Å². The van der Waals surface area contributed by atoms with E-state index in [9.17, 15) is 17.6 Å². The fourth-order valence-corrected chi connectivity index (χ4v) is 4.13. The number of sulfonamides is 1. The third-order valence-electron chi connectivity index (χ3n) is 4.74. The van der Waals surface area contributed by atoms with Crippen LogP contribution in [0.4, 0.5) is 15.8 Å². The van der Waals surface area contributed by atoms with Crippen molar-refractivity contribution in [1.82, 2.24) is 0 Å². The van der Waals surface area contributed by atoms with E-state index in [0.717, 1.165) is 17.4 Å². The molecule has 0 spiro atoms. The zero-order valence-electron chi connectivity index (χ0n) is 16.0. The van der Waals surface area contributed by atoms with Crippen LogP contribution in [0.5, 0.6) is 0 Å². The third-order valence-corrected chi connectivity index (χ3v) is 5.35. The Kier molecular flexibility index (Phi) is 4.27. The van der Waals surface area contributed by atoms with Gasteiger partial charge >= 0.3 is 0 Å². The van der Waals surface area contributed by atoms with E-state index in [2.05, 4.69) is 10.0 Å². The second-order valence-corrected chi connectivity index (χ2v) is 9.26. The molecule has 2 aliphatic heterocycles. The molecule has 8 heteroatoms. The molecule has 6 nitrogen and oxygen atoms in total. The standard InChI is InChI=1S/C21H19FN2O4S/c1-21(2)16(12-5-4-6-14(9-12)24-29(3,26)27)11-18(28-21)19-15-8-7-13(22)10-17(15)23-20(19)25/h4-11,24H,1-3H3,(H,23,25)/b19-18+. The number of anilines is 2. The van der Waals surface area contributed by atoms with Crippen LogP contribution in [-0.4, -0.2) is 26.2 Å². The number of hydrogen-bond acceptors (Lipinski definition) is 4. The summed E-state index contributed by atoms with van der Waals surface area (Å²) in [7, 11) is -3.41. The van der Waals surface area contributed by atoms with Gasteiger partial charge < -0.3 is 10.1 Å². The minimum atomic E-state index is -3.41. The third kappa shape index (κ3) is 3.63. The smallest absolute Gasteiger partial charge is 0.260 e. The Labute approximate surface area is 168 Å². The van der Waals surface area contributed by atoms with E-state index in [0.29, 0.717) is 28.3 Å². The number of carbonyl (C=O) groups excluding carboxylic acids is 1. The highest BCUT2D eigenvalue weighted by molar-refractivity contribution is 7.92. The van der Waals surface area contributed by atoms with E-state index in [1.807, 2.05) is 19.9 Å². The van der Waals surface area contributed by atoms with Crippen molar-refractivity contribution in [3.05, 3.63) is 71.2 Å². The van der Waals surface area contributed by atoms with E-state index in [1.54, 1.807) is 30.3 Å². The predicted octanol–water partition coefficient (Wildman–Crippen LogP) is 3.75. The zero-order valence-corrected chi connectivity index (χ0v) is 16.9. The van der Waals surface area contributed by atoms with Gasteiger partial charge in [-0.05, 0) is 55.8 Å². The molecule has 0 bridgehead atoms. The average molecular weight is 414 g/mol. The molecular weight excluding hydrogens is 395 g/mol. The van der Waals surface area contributed by atoms with Gasteiger partial charge in [-0.2, -0.15) is 0 Å². The summed E-state index contributed by atoms with van der Waals surface area (Å²) in [6.45, 7) is 3.73. The molecule has 0 aliphatic carbocycles. The molecule has 0 saturated heterocycles. The molecule has 0 radical (unpaired) electrons. The first-order valence-electron chi connectivity index (χ1n) is 8.88. The van der Waals surface area contributed by atoms with Crippen molar-refractivity contribution >= 4 is 38.5 Å². The van der Waals surface area contributed by atoms with Crippen molar-refractivity contribution in [2.24, 2.45) is 0 Å². The van der Waals surface area contributed by atoms with Crippen LogP contribution in [-0.2, 0) is 19.6 Å². The highest BCUT2D eigenvalue weighted by Crippen LogP contribution is 2.44. The van der Waals surface area contributed by atoms with Crippen molar-refractivity contribution in [2.45, 2.75) is 19.4 Å². The maximum absolute atomic E-state index is 13.5. The molecule has 0 atom stereocenters. The van der Waals surface area contributed by atoms with Crippen LogP contribution in [0.15, 0.2) is 54.3 Å². The second-order valence-electron chi connectivity index (χ2n) is 7.51. The van der Waals surface area contributed by atoms with Crippen LogP contribution in [0.1, 0.15) is 25.0 Å². The van der Waals surface area contributed by atoms with Crippen molar-refractivity contribution in [3.8, 4) is 0 Å². The number of nitrogens with one attached hydrogen (secondary N) is 2. The maximum Gasteiger partial charge on any atom is 0.260 e. The Hall–Kier alpha value is -3.13. The summed E-state index contributed by atoms with van der Waals surface area (Å²) in [5, 5.41) is 2.66. The number of rotatable bonds is 3. The predicted molar refractivity (Wildman–Crippen MR) is 110 cm³/mol. The molecule has 2 aromatic rings.